The van der Waals surface area contributed by atoms with Crippen LogP contribution in [0.3, 0.4) is 0 Å². The molecule has 0 unspecified atom stereocenters. The van der Waals surface area contributed by atoms with Crippen molar-refractivity contribution < 1.29 is 18.0 Å². The van der Waals surface area contributed by atoms with Gasteiger partial charge in [-0.25, -0.2) is 19.9 Å². The van der Waals surface area contributed by atoms with E-state index in [2.05, 4.69) is 47.1 Å². The molecule has 1 aliphatic heterocycles. The van der Waals surface area contributed by atoms with Gasteiger partial charge in [-0.3, -0.25) is 9.78 Å². The molecule has 1 saturated heterocycles. The van der Waals surface area contributed by atoms with Crippen LogP contribution in [-0.4, -0.2) is 69.0 Å². The number of anilines is 4. The lowest BCUT2D eigenvalue weighted by atomic mass is 10.1. The molecular weight excluding hydrogens is 525 g/mol. The van der Waals surface area contributed by atoms with Crippen molar-refractivity contribution in [2.45, 2.75) is 6.18 Å². The second-order valence-corrected chi connectivity index (χ2v) is 9.20. The molecular formula is C26H25F3N10O. The highest BCUT2D eigenvalue weighted by molar-refractivity contribution is 6.08. The predicted molar refractivity (Wildman–Crippen MR) is 144 cm³/mol. The number of nitrogens with zero attached hydrogens (tertiary/aromatic N) is 7. The molecule has 0 atom stereocenters. The number of likely N-dealkylation sites (N-methyl/N-ethyl adjacent to an activating group) is 1. The van der Waals surface area contributed by atoms with Crippen LogP contribution in [0.4, 0.5) is 36.2 Å². The molecule has 0 aliphatic carbocycles. The highest BCUT2D eigenvalue weighted by Crippen LogP contribution is 2.32. The molecule has 0 saturated carbocycles. The van der Waals surface area contributed by atoms with E-state index >= 15 is 0 Å². The SMILES string of the molecule is CN1CCN(c2cc(-c3ccc(N)c(C(=O)Nc4cnccc4-c4cc(N)nc(C(F)(F)F)n4)n3)ccn2)CC1. The van der Waals surface area contributed by atoms with Gasteiger partial charge in [0.15, 0.2) is 5.69 Å². The number of nitrogen functional groups attached to an aromatic ring is 2. The van der Waals surface area contributed by atoms with Gasteiger partial charge in [0.25, 0.3) is 5.91 Å². The first-order valence-corrected chi connectivity index (χ1v) is 12.2. The van der Waals surface area contributed by atoms with E-state index in [1.54, 1.807) is 24.4 Å². The zero-order valence-corrected chi connectivity index (χ0v) is 21.4. The van der Waals surface area contributed by atoms with Gasteiger partial charge in [-0.05, 0) is 37.4 Å². The number of carbonyl (C=O) groups excluding carboxylic acids is 1. The Hall–Kier alpha value is -4.85. The summed E-state index contributed by atoms with van der Waals surface area (Å²) in [5.41, 5.74) is 13.1. The standard InChI is InChI=1S/C26H25F3N10O/c1-38-8-10-39(11-9-38)22-12-15(4-7-33-22)18-3-2-17(30)23(34-18)24(40)35-20-14-32-6-5-16(20)19-13-21(31)37-25(36-19)26(27,28)29/h2-7,12-14H,8-11,30H2,1H3,(H,35,40)(H2,31,36,37). The molecule has 1 fully saturated rings. The maximum absolute atomic E-state index is 13.3. The van der Waals surface area contributed by atoms with Crippen LogP contribution in [-0.2, 0) is 6.18 Å². The molecule has 4 aromatic heterocycles. The van der Waals surface area contributed by atoms with Crippen molar-refractivity contribution in [3.63, 3.8) is 0 Å². The summed E-state index contributed by atoms with van der Waals surface area (Å²) < 4.78 is 39.8. The first-order valence-electron chi connectivity index (χ1n) is 12.2. The second-order valence-electron chi connectivity index (χ2n) is 9.20. The molecule has 0 bridgehead atoms. The Labute approximate surface area is 227 Å². The third-order valence-electron chi connectivity index (χ3n) is 6.35. The van der Waals surface area contributed by atoms with Crippen molar-refractivity contribution in [1.82, 2.24) is 29.8 Å². The molecule has 0 aromatic carbocycles. The zero-order valence-electron chi connectivity index (χ0n) is 21.4. The molecule has 40 heavy (non-hydrogen) atoms. The van der Waals surface area contributed by atoms with Gasteiger partial charge in [-0.2, -0.15) is 13.2 Å². The van der Waals surface area contributed by atoms with E-state index in [1.165, 1.54) is 24.5 Å². The van der Waals surface area contributed by atoms with Crippen molar-refractivity contribution in [3.8, 4) is 22.5 Å². The van der Waals surface area contributed by atoms with E-state index in [-0.39, 0.29) is 34.1 Å². The quantitative estimate of drug-likeness (QED) is 0.338. The minimum atomic E-state index is -4.81. The Kier molecular flexibility index (Phi) is 7.17. The number of hydrogen-bond acceptors (Lipinski definition) is 10. The summed E-state index contributed by atoms with van der Waals surface area (Å²) in [6, 6.07) is 9.54. The van der Waals surface area contributed by atoms with Crippen molar-refractivity contribution in [3.05, 3.63) is 66.5 Å². The van der Waals surface area contributed by atoms with Crippen molar-refractivity contribution in [2.24, 2.45) is 0 Å². The fraction of sp³-hybridized carbons (Fsp3) is 0.231. The van der Waals surface area contributed by atoms with Crippen LogP contribution in [0.25, 0.3) is 22.5 Å². The average Bonchev–Trinajstić information content (AvgIpc) is 2.93. The molecule has 0 spiro atoms. The van der Waals surface area contributed by atoms with Crippen LogP contribution in [0.5, 0.6) is 0 Å². The normalized spacial score (nSPS) is 14.2. The number of halogens is 3. The van der Waals surface area contributed by atoms with Gasteiger partial charge in [-0.1, -0.05) is 0 Å². The molecule has 11 nitrogen and oxygen atoms in total. The lowest BCUT2D eigenvalue weighted by Gasteiger charge is -2.33. The number of carbonyl (C=O) groups is 1. The van der Waals surface area contributed by atoms with Gasteiger partial charge in [-0.15, -0.1) is 0 Å². The summed E-state index contributed by atoms with van der Waals surface area (Å²) in [5.74, 6) is -1.65. The first kappa shape index (κ1) is 26.7. The molecule has 0 radical (unpaired) electrons. The number of nitrogens with two attached hydrogens (primary N) is 2. The maximum Gasteiger partial charge on any atom is 0.451 e. The van der Waals surface area contributed by atoms with Crippen LogP contribution in [0.15, 0.2) is 55.0 Å². The van der Waals surface area contributed by atoms with Crippen molar-refractivity contribution >= 4 is 28.9 Å². The average molecular weight is 551 g/mol. The van der Waals surface area contributed by atoms with Crippen LogP contribution in [0, 0.1) is 0 Å². The van der Waals surface area contributed by atoms with E-state index in [9.17, 15) is 18.0 Å². The second kappa shape index (κ2) is 10.7. The number of nitrogens with one attached hydrogen (secondary N) is 1. The van der Waals surface area contributed by atoms with Crippen LogP contribution in [0.1, 0.15) is 16.3 Å². The molecule has 5 rings (SSSR count). The fourth-order valence-corrected chi connectivity index (χ4v) is 4.23. The van der Waals surface area contributed by atoms with Crippen LogP contribution < -0.4 is 21.7 Å². The Morgan fingerprint density at radius 3 is 2.48 bits per heavy atom. The Bertz CT molecular complexity index is 1550. The van der Waals surface area contributed by atoms with Gasteiger partial charge in [0, 0.05) is 55.8 Å². The molecule has 1 aliphatic rings. The Balaban J connectivity index is 1.43. The van der Waals surface area contributed by atoms with Gasteiger partial charge in [0.2, 0.25) is 5.82 Å². The number of hydrogen-bond donors (Lipinski definition) is 3. The fourth-order valence-electron chi connectivity index (χ4n) is 4.23. The molecule has 5 N–H and O–H groups in total. The van der Waals surface area contributed by atoms with E-state index in [4.69, 9.17) is 11.5 Å². The molecule has 5 heterocycles. The molecule has 206 valence electrons. The summed E-state index contributed by atoms with van der Waals surface area (Å²) in [4.78, 5) is 37.5. The zero-order chi connectivity index (χ0) is 28.4. The third kappa shape index (κ3) is 5.76. The molecule has 4 aromatic rings. The number of pyridine rings is 3. The van der Waals surface area contributed by atoms with Gasteiger partial charge in [0.1, 0.15) is 11.6 Å². The largest absolute Gasteiger partial charge is 0.451 e. The first-order chi connectivity index (χ1) is 19.1. The highest BCUT2D eigenvalue weighted by atomic mass is 19.4. The number of alkyl halides is 3. The molecule has 14 heteroatoms. The summed E-state index contributed by atoms with van der Waals surface area (Å²) in [6.07, 6.45) is -0.489. The summed E-state index contributed by atoms with van der Waals surface area (Å²) in [6.45, 7) is 3.52. The van der Waals surface area contributed by atoms with E-state index in [1.807, 2.05) is 6.07 Å². The lowest BCUT2D eigenvalue weighted by Crippen LogP contribution is -2.44. The van der Waals surface area contributed by atoms with Gasteiger partial charge in [0.05, 0.1) is 29.0 Å². The number of piperazine rings is 1. The minimum absolute atomic E-state index is 0.0663. The topological polar surface area (TPSA) is 152 Å². The summed E-state index contributed by atoms with van der Waals surface area (Å²) in [5, 5.41) is 2.64. The van der Waals surface area contributed by atoms with E-state index in [0.717, 1.165) is 37.6 Å². The van der Waals surface area contributed by atoms with Crippen molar-refractivity contribution in [1.29, 1.82) is 0 Å². The van der Waals surface area contributed by atoms with Gasteiger partial charge < -0.3 is 26.6 Å². The smallest absolute Gasteiger partial charge is 0.397 e. The summed E-state index contributed by atoms with van der Waals surface area (Å²) >= 11 is 0. The predicted octanol–water partition coefficient (Wildman–Crippen LogP) is 3.18. The van der Waals surface area contributed by atoms with Gasteiger partial charge >= 0.3 is 6.18 Å². The lowest BCUT2D eigenvalue weighted by molar-refractivity contribution is -0.144. The van der Waals surface area contributed by atoms with Crippen molar-refractivity contribution in [2.75, 3.05) is 54.9 Å². The summed E-state index contributed by atoms with van der Waals surface area (Å²) in [7, 11) is 2.07. The maximum atomic E-state index is 13.3. The minimum Gasteiger partial charge on any atom is -0.397 e. The van der Waals surface area contributed by atoms with E-state index in [0.29, 0.717) is 5.69 Å². The number of rotatable bonds is 5. The third-order valence-corrected chi connectivity index (χ3v) is 6.35. The Morgan fingerprint density at radius 1 is 0.950 bits per heavy atom. The molecule has 1 amide bonds. The van der Waals surface area contributed by atoms with E-state index < -0.39 is 17.9 Å². The number of amides is 1. The highest BCUT2D eigenvalue weighted by Gasteiger charge is 2.35. The van der Waals surface area contributed by atoms with Crippen LogP contribution in [0.2, 0.25) is 0 Å². The van der Waals surface area contributed by atoms with Crippen LogP contribution >= 0.6 is 0 Å². The number of aromatic nitrogens is 5. The monoisotopic (exact) mass is 550 g/mol. The Morgan fingerprint density at radius 2 is 1.73 bits per heavy atom.